The predicted molar refractivity (Wildman–Crippen MR) is 166 cm³/mol. The number of carbonyl (C=O) groups excluding carboxylic acids is 2. The third-order valence-electron chi connectivity index (χ3n) is 6.75. The molecule has 11 heteroatoms. The number of aryl methyl sites for hydroxylation is 1. The number of aromatic nitrogens is 1. The summed E-state index contributed by atoms with van der Waals surface area (Å²) in [4.78, 5) is 38.6. The van der Waals surface area contributed by atoms with E-state index in [0.29, 0.717) is 27.0 Å². The standard InChI is InChI=1S/C31H23Cl2N3O5S/c1-17-13-21(14-26-28(37)34-31(42)36(29(26)38)24-7-4-19(5-8-24)30(39)40)18(2)35(17)23-9-11-25(12-10-23)41-16-20-3-6-22(32)15-27(20)33/h3-15H,16H2,1-2H3,(H,39,40)(H,34,37,42)/b26-14+. The number of ether oxygens (including phenoxy) is 1. The Kier molecular flexibility index (Phi) is 8.17. The maximum atomic E-state index is 13.4. The fourth-order valence-electron chi connectivity index (χ4n) is 4.62. The minimum absolute atomic E-state index is 0.0620. The van der Waals surface area contributed by atoms with Crippen LogP contribution in [0.15, 0.2) is 78.4 Å². The van der Waals surface area contributed by atoms with Gasteiger partial charge in [-0.05, 0) is 104 Å². The molecule has 0 saturated carbocycles. The number of hydrogen-bond donors (Lipinski definition) is 2. The topological polar surface area (TPSA) is 101 Å². The van der Waals surface area contributed by atoms with Crippen LogP contribution in [0.1, 0.15) is 32.9 Å². The molecule has 0 aliphatic carbocycles. The van der Waals surface area contributed by atoms with E-state index in [-0.39, 0.29) is 22.9 Å². The van der Waals surface area contributed by atoms with Crippen LogP contribution < -0.4 is 15.0 Å². The molecule has 1 aromatic heterocycles. The highest BCUT2D eigenvalue weighted by atomic mass is 35.5. The highest BCUT2D eigenvalue weighted by molar-refractivity contribution is 7.80. The number of hydrogen-bond acceptors (Lipinski definition) is 5. The van der Waals surface area contributed by atoms with Gasteiger partial charge in [0.2, 0.25) is 0 Å². The molecule has 1 fully saturated rings. The summed E-state index contributed by atoms with van der Waals surface area (Å²) in [6, 6.07) is 20.3. The Balaban J connectivity index is 1.38. The number of carboxylic acid groups (broad SMARTS) is 1. The molecule has 2 N–H and O–H groups in total. The number of carboxylic acids is 1. The van der Waals surface area contributed by atoms with Crippen LogP contribution in [-0.4, -0.2) is 32.6 Å². The lowest BCUT2D eigenvalue weighted by atomic mass is 10.1. The van der Waals surface area contributed by atoms with Gasteiger partial charge in [-0.15, -0.1) is 0 Å². The average Bonchev–Trinajstić information content (AvgIpc) is 3.23. The summed E-state index contributed by atoms with van der Waals surface area (Å²) in [5.74, 6) is -1.66. The van der Waals surface area contributed by atoms with Crippen molar-refractivity contribution in [2.45, 2.75) is 20.5 Å². The first kappa shape index (κ1) is 29.1. The molecule has 2 amide bonds. The lowest BCUT2D eigenvalue weighted by molar-refractivity contribution is -0.122. The number of rotatable bonds is 7. The second-order valence-electron chi connectivity index (χ2n) is 9.49. The minimum Gasteiger partial charge on any atom is -0.489 e. The molecule has 8 nitrogen and oxygen atoms in total. The van der Waals surface area contributed by atoms with Gasteiger partial charge in [0.25, 0.3) is 11.8 Å². The molecule has 3 aromatic carbocycles. The zero-order valence-corrected chi connectivity index (χ0v) is 24.7. The lowest BCUT2D eigenvalue weighted by Crippen LogP contribution is -2.54. The first-order chi connectivity index (χ1) is 20.0. The molecule has 1 aliphatic heterocycles. The van der Waals surface area contributed by atoms with E-state index in [1.165, 1.54) is 35.2 Å². The molecule has 2 heterocycles. The molecule has 42 heavy (non-hydrogen) atoms. The monoisotopic (exact) mass is 619 g/mol. The van der Waals surface area contributed by atoms with Crippen LogP contribution in [0.5, 0.6) is 5.75 Å². The van der Waals surface area contributed by atoms with Crippen molar-refractivity contribution in [3.63, 3.8) is 0 Å². The van der Waals surface area contributed by atoms with E-state index in [2.05, 4.69) is 5.32 Å². The molecule has 0 unspecified atom stereocenters. The fourth-order valence-corrected chi connectivity index (χ4v) is 5.37. The summed E-state index contributed by atoms with van der Waals surface area (Å²) < 4.78 is 7.90. The van der Waals surface area contributed by atoms with Crippen molar-refractivity contribution in [3.05, 3.63) is 116 Å². The van der Waals surface area contributed by atoms with Gasteiger partial charge in [-0.2, -0.15) is 0 Å². The van der Waals surface area contributed by atoms with Crippen LogP contribution in [0.3, 0.4) is 0 Å². The summed E-state index contributed by atoms with van der Waals surface area (Å²) >= 11 is 17.5. The lowest BCUT2D eigenvalue weighted by Gasteiger charge is -2.29. The number of carbonyl (C=O) groups is 3. The molecular formula is C31H23Cl2N3O5S. The SMILES string of the molecule is Cc1cc(/C=C2\C(=O)NC(=S)N(c3ccc(C(=O)O)cc3)C2=O)c(C)n1-c1ccc(OCc2ccc(Cl)cc2Cl)cc1. The first-order valence-corrected chi connectivity index (χ1v) is 13.8. The number of nitrogens with zero attached hydrogens (tertiary/aromatic N) is 2. The number of thiocarbonyl (C=S) groups is 1. The maximum Gasteiger partial charge on any atom is 0.335 e. The zero-order chi connectivity index (χ0) is 30.1. The minimum atomic E-state index is -1.09. The van der Waals surface area contributed by atoms with Gasteiger partial charge in [0.05, 0.1) is 11.3 Å². The molecule has 212 valence electrons. The van der Waals surface area contributed by atoms with Crippen molar-refractivity contribution < 1.29 is 24.2 Å². The van der Waals surface area contributed by atoms with Gasteiger partial charge in [-0.1, -0.05) is 29.3 Å². The largest absolute Gasteiger partial charge is 0.489 e. The maximum absolute atomic E-state index is 13.4. The van der Waals surface area contributed by atoms with Crippen LogP contribution in [-0.2, 0) is 16.2 Å². The van der Waals surface area contributed by atoms with E-state index in [1.54, 1.807) is 12.1 Å². The summed E-state index contributed by atoms with van der Waals surface area (Å²) in [7, 11) is 0. The van der Waals surface area contributed by atoms with E-state index < -0.39 is 17.8 Å². The van der Waals surface area contributed by atoms with Crippen LogP contribution in [0.4, 0.5) is 5.69 Å². The van der Waals surface area contributed by atoms with Crippen molar-refractivity contribution in [3.8, 4) is 11.4 Å². The van der Waals surface area contributed by atoms with E-state index in [0.717, 1.165) is 22.6 Å². The summed E-state index contributed by atoms with van der Waals surface area (Å²) in [6.45, 7) is 4.11. The zero-order valence-electron chi connectivity index (χ0n) is 22.4. The number of anilines is 1. The highest BCUT2D eigenvalue weighted by Crippen LogP contribution is 2.28. The number of nitrogens with one attached hydrogen (secondary N) is 1. The normalized spacial score (nSPS) is 14.3. The predicted octanol–water partition coefficient (Wildman–Crippen LogP) is 6.51. The van der Waals surface area contributed by atoms with E-state index in [4.69, 9.17) is 40.2 Å². The third kappa shape index (κ3) is 5.80. The van der Waals surface area contributed by atoms with Gasteiger partial charge >= 0.3 is 5.97 Å². The Labute approximate surface area is 256 Å². The first-order valence-electron chi connectivity index (χ1n) is 12.6. The van der Waals surface area contributed by atoms with E-state index in [9.17, 15) is 19.5 Å². The molecule has 0 bridgehead atoms. The van der Waals surface area contributed by atoms with Crippen LogP contribution in [0.2, 0.25) is 10.0 Å². The van der Waals surface area contributed by atoms with Gasteiger partial charge in [-0.3, -0.25) is 19.8 Å². The summed E-state index contributed by atoms with van der Waals surface area (Å²) in [6.07, 6.45) is 1.53. The van der Waals surface area contributed by atoms with Crippen molar-refractivity contribution >= 4 is 70.1 Å². The number of benzene rings is 3. The molecular weight excluding hydrogens is 597 g/mol. The molecule has 1 saturated heterocycles. The Morgan fingerprint density at radius 3 is 2.29 bits per heavy atom. The molecule has 0 atom stereocenters. The van der Waals surface area contributed by atoms with Crippen molar-refractivity contribution in [2.75, 3.05) is 4.90 Å². The molecule has 5 rings (SSSR count). The molecule has 0 radical (unpaired) electrons. The van der Waals surface area contributed by atoms with Gasteiger partial charge in [-0.25, -0.2) is 4.79 Å². The molecule has 1 aliphatic rings. The fraction of sp³-hybridized carbons (Fsp3) is 0.0968. The Morgan fingerprint density at radius 1 is 0.976 bits per heavy atom. The Morgan fingerprint density at radius 2 is 1.64 bits per heavy atom. The van der Waals surface area contributed by atoms with Crippen molar-refractivity contribution in [1.29, 1.82) is 0 Å². The van der Waals surface area contributed by atoms with E-state index >= 15 is 0 Å². The number of amides is 2. The molecule has 4 aromatic rings. The van der Waals surface area contributed by atoms with Crippen LogP contribution in [0.25, 0.3) is 11.8 Å². The highest BCUT2D eigenvalue weighted by Gasteiger charge is 2.34. The van der Waals surface area contributed by atoms with Gasteiger partial charge in [0.15, 0.2) is 5.11 Å². The second-order valence-corrected chi connectivity index (χ2v) is 10.7. The van der Waals surface area contributed by atoms with Gasteiger partial charge in [0.1, 0.15) is 17.9 Å². The van der Waals surface area contributed by atoms with Crippen molar-refractivity contribution in [2.24, 2.45) is 0 Å². The van der Waals surface area contributed by atoms with Crippen molar-refractivity contribution in [1.82, 2.24) is 9.88 Å². The summed E-state index contributed by atoms with van der Waals surface area (Å²) in [5, 5.41) is 12.7. The Hall–Kier alpha value is -4.44. The number of aromatic carboxylic acids is 1. The van der Waals surface area contributed by atoms with Gasteiger partial charge in [0, 0.05) is 32.7 Å². The second kappa shape index (κ2) is 11.8. The molecule has 0 spiro atoms. The smallest absolute Gasteiger partial charge is 0.335 e. The quantitative estimate of drug-likeness (QED) is 0.139. The Bertz CT molecular complexity index is 1780. The third-order valence-corrected chi connectivity index (χ3v) is 7.62. The average molecular weight is 621 g/mol. The number of halogens is 2. The van der Waals surface area contributed by atoms with E-state index in [1.807, 2.05) is 54.8 Å². The van der Waals surface area contributed by atoms with Crippen LogP contribution >= 0.6 is 35.4 Å². The van der Waals surface area contributed by atoms with Crippen LogP contribution in [0, 0.1) is 13.8 Å². The van der Waals surface area contributed by atoms with Gasteiger partial charge < -0.3 is 14.4 Å². The summed E-state index contributed by atoms with van der Waals surface area (Å²) in [5.41, 5.74) is 4.37.